The summed E-state index contributed by atoms with van der Waals surface area (Å²) >= 11 is 1.30. The van der Waals surface area contributed by atoms with Gasteiger partial charge >= 0.3 is 11.8 Å². The Hall–Kier alpha value is -2.19. The summed E-state index contributed by atoms with van der Waals surface area (Å²) in [6, 6.07) is 8.47. The van der Waals surface area contributed by atoms with Gasteiger partial charge in [0.2, 0.25) is 0 Å². The first kappa shape index (κ1) is 21.1. The highest BCUT2D eigenvalue weighted by molar-refractivity contribution is 7.91. The van der Waals surface area contributed by atoms with E-state index in [-0.39, 0.29) is 11.4 Å². The molecule has 1 heterocycles. The molecule has 6 nitrogen and oxygen atoms in total. The highest BCUT2D eigenvalue weighted by Crippen LogP contribution is 2.32. The van der Waals surface area contributed by atoms with E-state index in [9.17, 15) is 18.0 Å². The van der Waals surface area contributed by atoms with E-state index >= 15 is 0 Å². The predicted molar refractivity (Wildman–Crippen MR) is 106 cm³/mol. The van der Waals surface area contributed by atoms with Crippen LogP contribution >= 0.6 is 11.3 Å². The van der Waals surface area contributed by atoms with Crippen LogP contribution in [0.15, 0.2) is 40.6 Å². The number of hydrogen-bond acceptors (Lipinski definition) is 5. The third kappa shape index (κ3) is 5.17. The highest BCUT2D eigenvalue weighted by Gasteiger charge is 2.31. The van der Waals surface area contributed by atoms with Gasteiger partial charge in [0.05, 0.1) is 4.90 Å². The first-order valence-corrected chi connectivity index (χ1v) is 11.1. The summed E-state index contributed by atoms with van der Waals surface area (Å²) in [7, 11) is -3.74. The van der Waals surface area contributed by atoms with Gasteiger partial charge in [0, 0.05) is 18.0 Å². The van der Waals surface area contributed by atoms with Gasteiger partial charge in [-0.2, -0.15) is 0 Å². The first-order valence-electron chi connectivity index (χ1n) is 8.68. The van der Waals surface area contributed by atoms with Crippen molar-refractivity contribution < 1.29 is 18.0 Å². The second-order valence-electron chi connectivity index (χ2n) is 6.26. The van der Waals surface area contributed by atoms with Gasteiger partial charge < -0.3 is 10.6 Å². The molecule has 0 aliphatic rings. The third-order valence-electron chi connectivity index (χ3n) is 4.23. The van der Waals surface area contributed by atoms with Crippen molar-refractivity contribution in [3.05, 3.63) is 51.7 Å². The lowest BCUT2D eigenvalue weighted by Crippen LogP contribution is -2.42. The topological polar surface area (TPSA) is 92.3 Å². The van der Waals surface area contributed by atoms with Gasteiger partial charge in [0.15, 0.2) is 9.84 Å². The van der Waals surface area contributed by atoms with Crippen molar-refractivity contribution >= 4 is 33.0 Å². The van der Waals surface area contributed by atoms with Gasteiger partial charge in [-0.1, -0.05) is 19.1 Å². The van der Waals surface area contributed by atoms with Crippen LogP contribution in [-0.2, 0) is 19.4 Å². The molecule has 2 N–H and O–H groups in total. The molecule has 8 heteroatoms. The number of nitrogens with one attached hydrogen (secondary N) is 2. The van der Waals surface area contributed by atoms with Gasteiger partial charge in [-0.25, -0.2) is 8.42 Å². The number of benzene rings is 1. The number of amides is 2. The minimum absolute atomic E-state index is 0.172. The van der Waals surface area contributed by atoms with E-state index in [0.29, 0.717) is 17.8 Å². The van der Waals surface area contributed by atoms with Crippen LogP contribution in [0.25, 0.3) is 0 Å². The zero-order valence-electron chi connectivity index (χ0n) is 15.6. The number of aryl methyl sites for hydroxylation is 2. The fourth-order valence-electron chi connectivity index (χ4n) is 2.48. The standard InChI is InChI=1S/C19H24N2O4S2/c1-4-9-20-18(22)19(23)21-12-17(16-6-5-10-26-16)27(24,25)15-8-7-13(2)14(3)11-15/h5-8,10-11,17H,4,9,12H2,1-3H3,(H,20,22)(H,21,23)/t17-/m0/s1. The van der Waals surface area contributed by atoms with Gasteiger partial charge in [0.25, 0.3) is 0 Å². The van der Waals surface area contributed by atoms with Crippen LogP contribution in [0.5, 0.6) is 0 Å². The molecule has 27 heavy (non-hydrogen) atoms. The van der Waals surface area contributed by atoms with E-state index in [1.807, 2.05) is 20.8 Å². The fourth-order valence-corrected chi connectivity index (χ4v) is 5.34. The predicted octanol–water partition coefficient (Wildman–Crippen LogP) is 2.52. The fraction of sp³-hybridized carbons (Fsp3) is 0.368. The average Bonchev–Trinajstić information content (AvgIpc) is 3.15. The molecule has 0 saturated heterocycles. The van der Waals surface area contributed by atoms with Crippen molar-refractivity contribution in [3.63, 3.8) is 0 Å². The normalized spacial score (nSPS) is 12.4. The Bertz CT molecular complexity index is 906. The second-order valence-corrected chi connectivity index (χ2v) is 9.37. The largest absolute Gasteiger partial charge is 0.348 e. The molecule has 0 bridgehead atoms. The Morgan fingerprint density at radius 1 is 1.07 bits per heavy atom. The molecule has 2 aromatic rings. The maximum absolute atomic E-state index is 13.2. The molecule has 0 fully saturated rings. The van der Waals surface area contributed by atoms with E-state index in [0.717, 1.165) is 11.1 Å². The molecular weight excluding hydrogens is 384 g/mol. The number of carbonyl (C=O) groups is 2. The summed E-state index contributed by atoms with van der Waals surface area (Å²) in [5.41, 5.74) is 1.88. The molecule has 0 saturated carbocycles. The number of rotatable bonds is 7. The minimum Gasteiger partial charge on any atom is -0.348 e. The lowest BCUT2D eigenvalue weighted by atomic mass is 10.1. The van der Waals surface area contributed by atoms with Gasteiger partial charge in [-0.3, -0.25) is 9.59 Å². The molecule has 0 aliphatic heterocycles. The van der Waals surface area contributed by atoms with E-state index in [1.165, 1.54) is 11.3 Å². The van der Waals surface area contributed by atoms with Crippen molar-refractivity contribution in [3.8, 4) is 0 Å². The number of carbonyl (C=O) groups excluding carboxylic acids is 2. The quantitative estimate of drug-likeness (QED) is 0.689. The minimum atomic E-state index is -3.74. The van der Waals surface area contributed by atoms with Crippen LogP contribution in [0.2, 0.25) is 0 Å². The molecular formula is C19H24N2O4S2. The van der Waals surface area contributed by atoms with E-state index in [4.69, 9.17) is 0 Å². The van der Waals surface area contributed by atoms with E-state index < -0.39 is 26.9 Å². The Labute approximate surface area is 163 Å². The summed E-state index contributed by atoms with van der Waals surface area (Å²) in [4.78, 5) is 24.5. The molecule has 1 atom stereocenters. The van der Waals surface area contributed by atoms with Crippen LogP contribution < -0.4 is 10.6 Å². The second kappa shape index (κ2) is 9.14. The maximum atomic E-state index is 13.2. The SMILES string of the molecule is CCCNC(=O)C(=O)NC[C@@H](c1cccs1)S(=O)(=O)c1ccc(C)c(C)c1. The monoisotopic (exact) mass is 408 g/mol. The van der Waals surface area contributed by atoms with E-state index in [1.54, 1.807) is 35.7 Å². The first-order chi connectivity index (χ1) is 12.8. The lowest BCUT2D eigenvalue weighted by Gasteiger charge is -2.18. The molecule has 0 spiro atoms. The Morgan fingerprint density at radius 3 is 2.37 bits per heavy atom. The molecule has 2 rings (SSSR count). The molecule has 0 aliphatic carbocycles. The zero-order chi connectivity index (χ0) is 20.0. The van der Waals surface area contributed by atoms with Gasteiger partial charge in [-0.05, 0) is 55.0 Å². The van der Waals surface area contributed by atoms with Crippen LogP contribution in [0, 0.1) is 13.8 Å². The Kier molecular flexibility index (Phi) is 7.15. The van der Waals surface area contributed by atoms with Crippen LogP contribution in [-0.4, -0.2) is 33.3 Å². The number of sulfone groups is 1. The Balaban J connectivity index is 2.26. The molecule has 0 radical (unpaired) electrons. The zero-order valence-corrected chi connectivity index (χ0v) is 17.2. The summed E-state index contributed by atoms with van der Waals surface area (Å²) in [5.74, 6) is -1.59. The number of thiophene rings is 1. The molecule has 2 amide bonds. The highest BCUT2D eigenvalue weighted by atomic mass is 32.2. The molecule has 146 valence electrons. The molecule has 0 unspecified atom stereocenters. The summed E-state index contributed by atoms with van der Waals surface area (Å²) < 4.78 is 26.4. The van der Waals surface area contributed by atoms with Crippen molar-refractivity contribution in [1.29, 1.82) is 0 Å². The van der Waals surface area contributed by atoms with Crippen molar-refractivity contribution in [2.24, 2.45) is 0 Å². The van der Waals surface area contributed by atoms with E-state index in [2.05, 4.69) is 10.6 Å². The lowest BCUT2D eigenvalue weighted by molar-refractivity contribution is -0.139. The van der Waals surface area contributed by atoms with Crippen LogP contribution in [0.4, 0.5) is 0 Å². The summed E-state index contributed by atoms with van der Waals surface area (Å²) in [5, 5.41) is 5.76. The maximum Gasteiger partial charge on any atom is 0.309 e. The van der Waals surface area contributed by atoms with Gasteiger partial charge in [-0.15, -0.1) is 11.3 Å². The van der Waals surface area contributed by atoms with Gasteiger partial charge in [0.1, 0.15) is 5.25 Å². The third-order valence-corrected chi connectivity index (χ3v) is 7.45. The van der Waals surface area contributed by atoms with Crippen LogP contribution in [0.3, 0.4) is 0 Å². The van der Waals surface area contributed by atoms with Crippen molar-refractivity contribution in [2.75, 3.05) is 13.1 Å². The summed E-state index contributed by atoms with van der Waals surface area (Å²) in [6.07, 6.45) is 0.706. The van der Waals surface area contributed by atoms with Crippen LogP contribution in [0.1, 0.15) is 34.6 Å². The number of hydrogen-bond donors (Lipinski definition) is 2. The van der Waals surface area contributed by atoms with Crippen molar-refractivity contribution in [1.82, 2.24) is 10.6 Å². The average molecular weight is 409 g/mol. The summed E-state index contributed by atoms with van der Waals surface area (Å²) in [6.45, 7) is 5.86. The molecule has 1 aromatic heterocycles. The smallest absolute Gasteiger partial charge is 0.309 e. The van der Waals surface area contributed by atoms with Crippen molar-refractivity contribution in [2.45, 2.75) is 37.3 Å². The molecule has 1 aromatic carbocycles. The Morgan fingerprint density at radius 2 is 1.78 bits per heavy atom.